The normalized spacial score (nSPS) is 51.8. The van der Waals surface area contributed by atoms with E-state index in [1.165, 1.54) is 0 Å². The number of rotatable bonds is 1. The highest BCUT2D eigenvalue weighted by Crippen LogP contribution is 2.59. The van der Waals surface area contributed by atoms with Gasteiger partial charge in [-0.05, 0) is 95.3 Å². The second-order valence-corrected chi connectivity index (χ2v) is 18.3. The predicted molar refractivity (Wildman–Crippen MR) is 190 cm³/mol. The van der Waals surface area contributed by atoms with Gasteiger partial charge in [-0.25, -0.2) is 4.79 Å². The van der Waals surface area contributed by atoms with E-state index in [1.54, 1.807) is 0 Å². The minimum absolute atomic E-state index is 0.0764. The quantitative estimate of drug-likeness (QED) is 0.257. The standard InChI is InChI=1S/C41H61NO9/c1-24-8-6-10-32-38(20-25(2)27(4)23-42-32)15-11-28(36(44)45)19-31(38)34-35-33(43)26(3)21-40(49-34,50-35)22-30-9-7-13-39(47-30)16-17-41(51-39)37(5,46)14-12-29(18-24)48-41/h19,25-27,29-31,33-35,43,46H,1,6-18,20-23H2,2-5H3,(H,44,45)/t25-,26+,27-,29-,30+,31-,33+,34-,35+,37+,38+,39+,40+,41+/m0/s1. The van der Waals surface area contributed by atoms with Crippen molar-refractivity contribution in [3.05, 3.63) is 23.8 Å². The molecule has 7 bridgehead atoms. The van der Waals surface area contributed by atoms with Crippen LogP contribution < -0.4 is 0 Å². The number of fused-ring (bicyclic) bond motifs is 6. The Kier molecular flexibility index (Phi) is 9.25. The Hall–Kier alpha value is -1.66. The van der Waals surface area contributed by atoms with Crippen molar-refractivity contribution in [2.45, 2.75) is 184 Å². The summed E-state index contributed by atoms with van der Waals surface area (Å²) in [6, 6.07) is 0. The lowest BCUT2D eigenvalue weighted by atomic mass is 9.57. The van der Waals surface area contributed by atoms with Crippen LogP contribution in [0.1, 0.15) is 130 Å². The van der Waals surface area contributed by atoms with Crippen molar-refractivity contribution in [1.82, 2.24) is 0 Å². The molecular weight excluding hydrogens is 650 g/mol. The van der Waals surface area contributed by atoms with Gasteiger partial charge in [0.2, 0.25) is 5.79 Å². The van der Waals surface area contributed by atoms with Crippen molar-refractivity contribution in [2.24, 2.45) is 34.1 Å². The lowest BCUT2D eigenvalue weighted by Gasteiger charge is -2.50. The largest absolute Gasteiger partial charge is 0.478 e. The zero-order valence-electron chi connectivity index (χ0n) is 31.2. The fourth-order valence-electron chi connectivity index (χ4n) is 11.5. The second kappa shape index (κ2) is 13.0. The van der Waals surface area contributed by atoms with Crippen LogP contribution in [-0.2, 0) is 28.5 Å². The molecule has 6 saturated heterocycles. The van der Waals surface area contributed by atoms with Crippen LogP contribution >= 0.6 is 0 Å². The Morgan fingerprint density at radius 2 is 1.65 bits per heavy atom. The first-order valence-corrected chi connectivity index (χ1v) is 20.1. The molecule has 0 aromatic carbocycles. The van der Waals surface area contributed by atoms with Crippen LogP contribution in [0.15, 0.2) is 28.8 Å². The number of aliphatic hydroxyl groups excluding tert-OH is 1. The molecule has 6 fully saturated rings. The third-order valence-corrected chi connectivity index (χ3v) is 14.6. The molecule has 1 aliphatic carbocycles. The van der Waals surface area contributed by atoms with Gasteiger partial charge >= 0.3 is 5.97 Å². The molecule has 3 N–H and O–H groups in total. The summed E-state index contributed by atoms with van der Waals surface area (Å²) in [6.07, 6.45) is 11.0. The molecule has 0 aromatic heterocycles. The lowest BCUT2D eigenvalue weighted by Crippen LogP contribution is -2.60. The molecule has 10 nitrogen and oxygen atoms in total. The summed E-state index contributed by atoms with van der Waals surface area (Å²) in [4.78, 5) is 18.0. The molecule has 7 aliphatic heterocycles. The minimum atomic E-state index is -1.14. The van der Waals surface area contributed by atoms with Crippen LogP contribution in [0.3, 0.4) is 0 Å². The summed E-state index contributed by atoms with van der Waals surface area (Å²) in [5, 5.41) is 33.8. The average Bonchev–Trinajstić information content (AvgIpc) is 3.55. The van der Waals surface area contributed by atoms with Crippen LogP contribution in [0.2, 0.25) is 0 Å². The van der Waals surface area contributed by atoms with Crippen molar-refractivity contribution in [1.29, 1.82) is 0 Å². The number of nitrogens with zero attached hydrogens (tertiary/aromatic N) is 1. The number of aliphatic hydroxyl groups is 2. The van der Waals surface area contributed by atoms with Crippen LogP contribution in [0.25, 0.3) is 0 Å². The molecule has 51 heavy (non-hydrogen) atoms. The molecule has 0 saturated carbocycles. The Bertz CT molecular complexity index is 1460. The van der Waals surface area contributed by atoms with Crippen molar-refractivity contribution in [3.63, 3.8) is 0 Å². The van der Waals surface area contributed by atoms with Crippen LogP contribution in [-0.4, -0.2) is 87.0 Å². The van der Waals surface area contributed by atoms with Crippen molar-refractivity contribution < 1.29 is 43.8 Å². The Balaban J connectivity index is 1.20. The summed E-state index contributed by atoms with van der Waals surface area (Å²) in [5.41, 5.74) is 1.13. The van der Waals surface area contributed by atoms with Crippen molar-refractivity contribution in [3.8, 4) is 0 Å². The maximum atomic E-state index is 12.6. The smallest absolute Gasteiger partial charge is 0.331 e. The van der Waals surface area contributed by atoms with Crippen molar-refractivity contribution in [2.75, 3.05) is 6.54 Å². The number of carboxylic acid groups (broad SMARTS) is 1. The number of aliphatic imine (C=N–C) groups is 1. The summed E-state index contributed by atoms with van der Waals surface area (Å²) in [7, 11) is 0. The van der Waals surface area contributed by atoms with E-state index < -0.39 is 52.7 Å². The number of hydrogen-bond acceptors (Lipinski definition) is 9. The summed E-state index contributed by atoms with van der Waals surface area (Å²) in [5.74, 6) is -3.50. The topological polar surface area (TPSA) is 136 Å². The average molecular weight is 712 g/mol. The molecule has 0 amide bonds. The highest BCUT2D eigenvalue weighted by molar-refractivity contribution is 5.93. The highest BCUT2D eigenvalue weighted by atomic mass is 16.8. The first kappa shape index (κ1) is 36.3. The molecule has 284 valence electrons. The molecule has 8 rings (SSSR count). The maximum absolute atomic E-state index is 12.6. The van der Waals surface area contributed by atoms with Gasteiger partial charge in [0, 0.05) is 61.3 Å². The molecule has 14 atom stereocenters. The van der Waals surface area contributed by atoms with E-state index in [2.05, 4.69) is 27.4 Å². The van der Waals surface area contributed by atoms with Gasteiger partial charge in [-0.1, -0.05) is 39.0 Å². The molecule has 0 radical (unpaired) electrons. The van der Waals surface area contributed by atoms with Gasteiger partial charge in [-0.15, -0.1) is 0 Å². The van der Waals surface area contributed by atoms with Crippen molar-refractivity contribution >= 4 is 11.7 Å². The molecular formula is C41H61NO9. The second-order valence-electron chi connectivity index (χ2n) is 18.3. The summed E-state index contributed by atoms with van der Waals surface area (Å²) < 4.78 is 34.8. The Labute approximate surface area is 303 Å². The third kappa shape index (κ3) is 6.21. The first-order valence-electron chi connectivity index (χ1n) is 20.1. The van der Waals surface area contributed by atoms with Gasteiger partial charge in [0.25, 0.3) is 0 Å². The molecule has 7 heterocycles. The number of hydrogen-bond donors (Lipinski definition) is 3. The SMILES string of the molecule is C=C1CCCC2=NC[C@H](C)[C@@H](C)C[C@@]23CCC(C(=O)O)=C[C@H]3[C@@H]2O[C@]3(C[C@H]4CCC[C@@]5(CC[C@@]6(O[C@@H](CC[C@@]6(C)O)C1)O5)O4)C[C@@H](C)[C@@H](O)[C@H]2O3. The molecule has 0 unspecified atom stereocenters. The summed E-state index contributed by atoms with van der Waals surface area (Å²) in [6.45, 7) is 13.7. The fraction of sp³-hybridized carbons (Fsp3) is 0.854. The minimum Gasteiger partial charge on any atom is -0.478 e. The van der Waals surface area contributed by atoms with Crippen LogP contribution in [0, 0.1) is 29.1 Å². The lowest BCUT2D eigenvalue weighted by molar-refractivity contribution is -0.403. The van der Waals surface area contributed by atoms with Gasteiger partial charge in [-0.3, -0.25) is 4.99 Å². The van der Waals surface area contributed by atoms with E-state index in [1.807, 2.05) is 13.0 Å². The predicted octanol–water partition coefficient (Wildman–Crippen LogP) is 6.61. The van der Waals surface area contributed by atoms with E-state index in [4.69, 9.17) is 28.7 Å². The zero-order valence-corrected chi connectivity index (χ0v) is 31.2. The molecule has 4 spiro atoms. The number of ether oxygens (including phenoxy) is 5. The van der Waals surface area contributed by atoms with E-state index in [0.29, 0.717) is 68.8 Å². The molecule has 0 aromatic rings. The number of carboxylic acids is 1. The van der Waals surface area contributed by atoms with Gasteiger partial charge in [0.05, 0.1) is 24.4 Å². The van der Waals surface area contributed by atoms with Gasteiger partial charge in [-0.2, -0.15) is 0 Å². The maximum Gasteiger partial charge on any atom is 0.331 e. The van der Waals surface area contributed by atoms with Gasteiger partial charge in [0.1, 0.15) is 11.7 Å². The van der Waals surface area contributed by atoms with E-state index in [9.17, 15) is 20.1 Å². The van der Waals surface area contributed by atoms with Gasteiger partial charge in [0.15, 0.2) is 11.6 Å². The van der Waals surface area contributed by atoms with E-state index in [-0.39, 0.29) is 24.0 Å². The van der Waals surface area contributed by atoms with Crippen LogP contribution in [0.5, 0.6) is 0 Å². The molecule has 10 heteroatoms. The monoisotopic (exact) mass is 711 g/mol. The Morgan fingerprint density at radius 1 is 0.843 bits per heavy atom. The summed E-state index contributed by atoms with van der Waals surface area (Å²) >= 11 is 0. The number of aliphatic carboxylic acids is 1. The van der Waals surface area contributed by atoms with E-state index >= 15 is 0 Å². The fourth-order valence-corrected chi connectivity index (χ4v) is 11.5. The number of carbonyl (C=O) groups is 1. The first-order chi connectivity index (χ1) is 24.2. The highest BCUT2D eigenvalue weighted by Gasteiger charge is 2.65. The third-order valence-electron chi connectivity index (χ3n) is 14.6. The Morgan fingerprint density at radius 3 is 2.45 bits per heavy atom. The van der Waals surface area contributed by atoms with E-state index in [0.717, 1.165) is 69.2 Å². The molecule has 8 aliphatic rings. The van der Waals surface area contributed by atoms with Crippen LogP contribution in [0.4, 0.5) is 0 Å². The zero-order chi connectivity index (χ0) is 36.0. The van der Waals surface area contributed by atoms with Gasteiger partial charge < -0.3 is 39.0 Å².